The lowest BCUT2D eigenvalue weighted by atomic mass is 10.1. The normalized spacial score (nSPS) is 10.0. The monoisotopic (exact) mass is 217 g/mol. The second-order valence-electron chi connectivity index (χ2n) is 3.29. The van der Waals surface area contributed by atoms with E-state index in [4.69, 9.17) is 20.4 Å². The minimum absolute atomic E-state index is 0.167. The van der Waals surface area contributed by atoms with Crippen LogP contribution in [0.1, 0.15) is 33.6 Å². The quantitative estimate of drug-likeness (QED) is 0.430. The second kappa shape index (κ2) is 10.7. The van der Waals surface area contributed by atoms with E-state index in [1.807, 2.05) is 6.08 Å². The van der Waals surface area contributed by atoms with Crippen LogP contribution in [0, 0.1) is 10.1 Å². The summed E-state index contributed by atoms with van der Waals surface area (Å²) in [6.07, 6.45) is 6.23. The summed E-state index contributed by atoms with van der Waals surface area (Å²) in [5.74, 6) is 0. The number of allylic oxidation sites excluding steroid dienone is 3. The lowest BCUT2D eigenvalue weighted by Crippen LogP contribution is -1.81. The van der Waals surface area contributed by atoms with Crippen LogP contribution < -0.4 is 0 Å². The first-order valence-electron chi connectivity index (χ1n) is 4.63. The molecule has 0 rings (SSSR count). The van der Waals surface area contributed by atoms with Crippen molar-refractivity contribution < 1.29 is 15.4 Å². The molecule has 0 fully saturated rings. The van der Waals surface area contributed by atoms with Gasteiger partial charge in [0.25, 0.3) is 5.09 Å². The summed E-state index contributed by atoms with van der Waals surface area (Å²) in [4.78, 5) is 8.36. The molecule has 0 aromatic rings. The predicted molar refractivity (Wildman–Crippen MR) is 58.3 cm³/mol. The maximum Gasteiger partial charge on any atom is 0.291 e. The Morgan fingerprint density at radius 3 is 2.13 bits per heavy atom. The number of hydrogen-bond donors (Lipinski definition) is 2. The molecule has 0 radical (unpaired) electrons. The molecule has 0 saturated carbocycles. The summed E-state index contributed by atoms with van der Waals surface area (Å²) in [7, 11) is 0. The van der Waals surface area contributed by atoms with E-state index in [-0.39, 0.29) is 6.61 Å². The average molecular weight is 217 g/mol. The fourth-order valence-corrected chi connectivity index (χ4v) is 0.846. The van der Waals surface area contributed by atoms with E-state index < -0.39 is 5.09 Å². The lowest BCUT2D eigenvalue weighted by Gasteiger charge is -1.96. The van der Waals surface area contributed by atoms with Gasteiger partial charge in [-0.25, -0.2) is 0 Å². The summed E-state index contributed by atoms with van der Waals surface area (Å²) in [6.45, 7) is 6.42. The van der Waals surface area contributed by atoms with Crippen LogP contribution >= 0.6 is 0 Å². The summed E-state index contributed by atoms with van der Waals surface area (Å²) in [5, 5.41) is 22.2. The van der Waals surface area contributed by atoms with Crippen molar-refractivity contribution in [1.29, 1.82) is 0 Å². The number of aliphatic hydroxyl groups is 1. The van der Waals surface area contributed by atoms with Gasteiger partial charge in [0, 0.05) is 0 Å². The third-order valence-electron chi connectivity index (χ3n) is 1.53. The predicted octanol–water partition coefficient (Wildman–Crippen LogP) is 2.32. The number of hydrogen-bond acceptors (Lipinski definition) is 3. The van der Waals surface area contributed by atoms with E-state index in [0.29, 0.717) is 0 Å². The first kappa shape index (κ1) is 16.1. The Morgan fingerprint density at radius 1 is 1.33 bits per heavy atom. The Bertz CT molecular complexity index is 226. The minimum Gasteiger partial charge on any atom is -0.392 e. The van der Waals surface area contributed by atoms with Gasteiger partial charge in [-0.15, -0.1) is 10.1 Å². The van der Waals surface area contributed by atoms with Crippen LogP contribution in [-0.2, 0) is 0 Å². The molecule has 0 aliphatic carbocycles. The molecule has 0 aromatic carbocycles. The van der Waals surface area contributed by atoms with Gasteiger partial charge in [0.1, 0.15) is 0 Å². The highest BCUT2D eigenvalue weighted by atomic mass is 16.9. The highest BCUT2D eigenvalue weighted by molar-refractivity contribution is 5.01. The van der Waals surface area contributed by atoms with Crippen molar-refractivity contribution in [2.24, 2.45) is 0 Å². The average Bonchev–Trinajstić information content (AvgIpc) is 2.02. The molecule has 5 nitrogen and oxygen atoms in total. The Kier molecular flexibility index (Phi) is 11.5. The maximum absolute atomic E-state index is 8.55. The molecule has 0 atom stereocenters. The smallest absolute Gasteiger partial charge is 0.291 e. The zero-order valence-corrected chi connectivity index (χ0v) is 9.43. The molecule has 5 heteroatoms. The molecule has 0 heterocycles. The van der Waals surface area contributed by atoms with Crippen LogP contribution in [0.4, 0.5) is 0 Å². The van der Waals surface area contributed by atoms with Gasteiger partial charge in [0.05, 0.1) is 6.61 Å². The van der Waals surface area contributed by atoms with Crippen molar-refractivity contribution in [2.75, 3.05) is 6.61 Å². The van der Waals surface area contributed by atoms with Gasteiger partial charge >= 0.3 is 0 Å². The largest absolute Gasteiger partial charge is 0.392 e. The topological polar surface area (TPSA) is 83.6 Å². The number of aliphatic hydroxyl groups excluding tert-OH is 1. The Hall–Kier alpha value is -1.36. The van der Waals surface area contributed by atoms with E-state index in [1.54, 1.807) is 0 Å². The number of rotatable bonds is 4. The van der Waals surface area contributed by atoms with Crippen LogP contribution in [0.3, 0.4) is 0 Å². The van der Waals surface area contributed by atoms with Crippen LogP contribution in [0.25, 0.3) is 0 Å². The molecule has 0 spiro atoms. The van der Waals surface area contributed by atoms with Gasteiger partial charge in [0.2, 0.25) is 0 Å². The van der Waals surface area contributed by atoms with E-state index in [2.05, 4.69) is 26.8 Å². The standard InChI is InChI=1S/C10H18O.HNO3/c1-9(2)5-4-6-10(3)7-8-11;2-1(3)4/h5,7,11H,4,6,8H2,1-3H3;(H,2,3,4). The first-order valence-corrected chi connectivity index (χ1v) is 4.63. The van der Waals surface area contributed by atoms with Crippen molar-refractivity contribution in [3.05, 3.63) is 33.4 Å². The van der Waals surface area contributed by atoms with Crippen LogP contribution in [-0.4, -0.2) is 22.0 Å². The lowest BCUT2D eigenvalue weighted by molar-refractivity contribution is -0.742. The fraction of sp³-hybridized carbons (Fsp3) is 0.600. The molecule has 88 valence electrons. The molecule has 0 aliphatic rings. The minimum atomic E-state index is -1.50. The van der Waals surface area contributed by atoms with Crippen molar-refractivity contribution >= 4 is 0 Å². The third-order valence-corrected chi connectivity index (χ3v) is 1.53. The van der Waals surface area contributed by atoms with Gasteiger partial charge in [-0.05, 0) is 33.6 Å². The number of nitrogens with zero attached hydrogens (tertiary/aromatic N) is 1. The second-order valence-corrected chi connectivity index (χ2v) is 3.29. The Morgan fingerprint density at radius 2 is 1.80 bits per heavy atom. The SMILES string of the molecule is CC(C)=CCCC(C)=CCO.O=[N+]([O-])O. The maximum atomic E-state index is 8.55. The zero-order valence-electron chi connectivity index (χ0n) is 9.43. The van der Waals surface area contributed by atoms with Crippen molar-refractivity contribution in [3.8, 4) is 0 Å². The third kappa shape index (κ3) is 24.5. The molecule has 0 saturated heterocycles. The van der Waals surface area contributed by atoms with Crippen molar-refractivity contribution in [2.45, 2.75) is 33.6 Å². The van der Waals surface area contributed by atoms with E-state index in [0.717, 1.165) is 12.8 Å². The first-order chi connectivity index (χ1) is 6.90. The zero-order chi connectivity index (χ0) is 12.3. The molecule has 0 aromatic heterocycles. The summed E-state index contributed by atoms with van der Waals surface area (Å²) < 4.78 is 0. The van der Waals surface area contributed by atoms with Gasteiger partial charge in [-0.2, -0.15) is 0 Å². The van der Waals surface area contributed by atoms with E-state index in [9.17, 15) is 0 Å². The van der Waals surface area contributed by atoms with Gasteiger partial charge in [0.15, 0.2) is 0 Å². The van der Waals surface area contributed by atoms with E-state index in [1.165, 1.54) is 11.1 Å². The van der Waals surface area contributed by atoms with Crippen LogP contribution in [0.15, 0.2) is 23.3 Å². The van der Waals surface area contributed by atoms with Crippen molar-refractivity contribution in [3.63, 3.8) is 0 Å². The van der Waals surface area contributed by atoms with Crippen LogP contribution in [0.5, 0.6) is 0 Å². The molecular weight excluding hydrogens is 198 g/mol. The van der Waals surface area contributed by atoms with Crippen molar-refractivity contribution in [1.82, 2.24) is 0 Å². The molecular formula is C10H19NO4. The Labute approximate surface area is 89.8 Å². The molecule has 0 bridgehead atoms. The van der Waals surface area contributed by atoms with E-state index >= 15 is 0 Å². The van der Waals surface area contributed by atoms with Gasteiger partial charge in [-0.3, -0.25) is 0 Å². The van der Waals surface area contributed by atoms with Crippen LogP contribution in [0.2, 0.25) is 0 Å². The summed E-state index contributed by atoms with van der Waals surface area (Å²) in [6, 6.07) is 0. The molecule has 0 unspecified atom stereocenters. The molecule has 0 amide bonds. The molecule has 2 N–H and O–H groups in total. The van der Waals surface area contributed by atoms with Gasteiger partial charge in [-0.1, -0.05) is 23.3 Å². The molecule has 15 heavy (non-hydrogen) atoms. The summed E-state index contributed by atoms with van der Waals surface area (Å²) in [5.41, 5.74) is 2.63. The molecule has 0 aliphatic heterocycles. The Balaban J connectivity index is 0. The fourth-order valence-electron chi connectivity index (χ4n) is 0.846. The highest BCUT2D eigenvalue weighted by Gasteiger charge is 1.86. The summed E-state index contributed by atoms with van der Waals surface area (Å²) >= 11 is 0. The van der Waals surface area contributed by atoms with Gasteiger partial charge < -0.3 is 10.3 Å². The highest BCUT2D eigenvalue weighted by Crippen LogP contribution is 2.05.